The Labute approximate surface area is 177 Å². The normalized spacial score (nSPS) is 21.4. The van der Waals surface area contributed by atoms with E-state index in [0.717, 1.165) is 24.3 Å². The van der Waals surface area contributed by atoms with Gasteiger partial charge in [0.15, 0.2) is 0 Å². The van der Waals surface area contributed by atoms with Crippen LogP contribution in [0.1, 0.15) is 5.56 Å². The van der Waals surface area contributed by atoms with Crippen molar-refractivity contribution in [3.63, 3.8) is 0 Å². The van der Waals surface area contributed by atoms with E-state index in [-0.39, 0.29) is 21.4 Å². The SMILES string of the molecule is O=C(Nc1ccc([N+](=O)[O-])cc1)C1=CC(Br)=CC(c2ccccc2)(C(F)(F)F)C1O. The number of carbonyl (C=O) groups excluding carboxylic acids is 1. The number of benzene rings is 2. The summed E-state index contributed by atoms with van der Waals surface area (Å²) in [4.78, 5) is 22.8. The Balaban J connectivity index is 1.99. The number of aliphatic hydroxyl groups is 1. The lowest BCUT2D eigenvalue weighted by molar-refractivity contribution is -0.384. The number of rotatable bonds is 4. The lowest BCUT2D eigenvalue weighted by Crippen LogP contribution is -2.53. The first kappa shape index (κ1) is 21.7. The largest absolute Gasteiger partial charge is 0.404 e. The third kappa shape index (κ3) is 3.88. The third-order valence-electron chi connectivity index (χ3n) is 4.70. The molecule has 0 aromatic heterocycles. The maximum Gasteiger partial charge on any atom is 0.404 e. The summed E-state index contributed by atoms with van der Waals surface area (Å²) in [6.07, 6.45) is -5.20. The minimum absolute atomic E-state index is 0.0252. The minimum Gasteiger partial charge on any atom is -0.387 e. The van der Waals surface area contributed by atoms with Crippen molar-refractivity contribution in [2.24, 2.45) is 0 Å². The van der Waals surface area contributed by atoms with E-state index >= 15 is 0 Å². The fourth-order valence-corrected chi connectivity index (χ4v) is 3.83. The summed E-state index contributed by atoms with van der Waals surface area (Å²) in [5.74, 6) is -0.967. The van der Waals surface area contributed by atoms with Gasteiger partial charge in [0.05, 0.1) is 4.92 Å². The van der Waals surface area contributed by atoms with Crippen LogP contribution in [-0.2, 0) is 10.2 Å². The van der Waals surface area contributed by atoms with E-state index < -0.39 is 34.1 Å². The van der Waals surface area contributed by atoms with Gasteiger partial charge in [-0.3, -0.25) is 14.9 Å². The number of nitro groups is 1. The fourth-order valence-electron chi connectivity index (χ4n) is 3.23. The first-order valence-corrected chi connectivity index (χ1v) is 9.31. The van der Waals surface area contributed by atoms with Gasteiger partial charge in [0.2, 0.25) is 0 Å². The highest BCUT2D eigenvalue weighted by atomic mass is 79.9. The molecular weight excluding hydrogens is 469 g/mol. The topological polar surface area (TPSA) is 92.5 Å². The molecule has 1 amide bonds. The molecule has 2 aromatic carbocycles. The number of carbonyl (C=O) groups is 1. The average Bonchev–Trinajstić information content (AvgIpc) is 2.69. The zero-order valence-corrected chi connectivity index (χ0v) is 16.6. The Morgan fingerprint density at radius 1 is 1.13 bits per heavy atom. The van der Waals surface area contributed by atoms with Crippen molar-refractivity contribution < 1.29 is 28.0 Å². The van der Waals surface area contributed by atoms with Gasteiger partial charge in [0.25, 0.3) is 11.6 Å². The van der Waals surface area contributed by atoms with Gasteiger partial charge in [-0.05, 0) is 29.8 Å². The second kappa shape index (κ2) is 8.04. The first-order valence-electron chi connectivity index (χ1n) is 8.52. The van der Waals surface area contributed by atoms with Gasteiger partial charge in [0, 0.05) is 27.9 Å². The van der Waals surface area contributed by atoms with Crippen LogP contribution in [0.3, 0.4) is 0 Å². The molecule has 2 unspecified atom stereocenters. The second-order valence-corrected chi connectivity index (χ2v) is 7.44. The van der Waals surface area contributed by atoms with E-state index in [9.17, 15) is 33.2 Å². The van der Waals surface area contributed by atoms with E-state index in [0.29, 0.717) is 0 Å². The van der Waals surface area contributed by atoms with Crippen LogP contribution in [0.4, 0.5) is 24.5 Å². The number of aliphatic hydroxyl groups excluding tert-OH is 1. The maximum absolute atomic E-state index is 14.2. The van der Waals surface area contributed by atoms with Gasteiger partial charge in [-0.25, -0.2) is 0 Å². The van der Waals surface area contributed by atoms with Crippen molar-refractivity contribution >= 4 is 33.2 Å². The summed E-state index contributed by atoms with van der Waals surface area (Å²) in [6, 6.07) is 11.6. The standard InChI is InChI=1S/C20H14BrF3N2O4/c21-13-10-16(18(28)25-14-6-8-15(9-7-14)26(29)30)17(27)19(11-13,20(22,23)24)12-4-2-1-3-5-12/h1-11,17,27H,(H,25,28). The molecule has 0 spiro atoms. The van der Waals surface area contributed by atoms with Gasteiger partial charge < -0.3 is 10.4 Å². The number of alkyl halides is 3. The van der Waals surface area contributed by atoms with Gasteiger partial charge in [-0.2, -0.15) is 13.2 Å². The van der Waals surface area contributed by atoms with Gasteiger partial charge >= 0.3 is 6.18 Å². The number of hydrogen-bond acceptors (Lipinski definition) is 4. The lowest BCUT2D eigenvalue weighted by Gasteiger charge is -2.40. The summed E-state index contributed by atoms with van der Waals surface area (Å²) >= 11 is 3.02. The lowest BCUT2D eigenvalue weighted by atomic mass is 9.70. The van der Waals surface area contributed by atoms with Crippen LogP contribution in [0.5, 0.6) is 0 Å². The number of hydrogen-bond donors (Lipinski definition) is 2. The van der Waals surface area contributed by atoms with Gasteiger partial charge in [-0.15, -0.1) is 0 Å². The molecule has 0 heterocycles. The number of anilines is 1. The average molecular weight is 483 g/mol. The van der Waals surface area contributed by atoms with Crippen LogP contribution >= 0.6 is 15.9 Å². The van der Waals surface area contributed by atoms with Crippen LogP contribution < -0.4 is 5.32 Å². The van der Waals surface area contributed by atoms with Crippen molar-refractivity contribution in [3.05, 3.63) is 92.5 Å². The third-order valence-corrected chi connectivity index (χ3v) is 5.16. The number of nitro benzene ring substituents is 1. The summed E-state index contributed by atoms with van der Waals surface area (Å²) in [7, 11) is 0. The highest BCUT2D eigenvalue weighted by molar-refractivity contribution is 9.11. The van der Waals surface area contributed by atoms with Crippen molar-refractivity contribution in [2.75, 3.05) is 5.32 Å². The van der Waals surface area contributed by atoms with E-state index in [1.807, 2.05) is 0 Å². The molecule has 30 heavy (non-hydrogen) atoms. The molecular formula is C20H14BrF3N2O4. The maximum atomic E-state index is 14.2. The molecule has 0 saturated heterocycles. The highest BCUT2D eigenvalue weighted by Gasteiger charge is 2.61. The van der Waals surface area contributed by atoms with Crippen molar-refractivity contribution in [2.45, 2.75) is 17.7 Å². The summed E-state index contributed by atoms with van der Waals surface area (Å²) < 4.78 is 42.7. The summed E-state index contributed by atoms with van der Waals surface area (Å²) in [6.45, 7) is 0. The zero-order valence-electron chi connectivity index (χ0n) is 15.1. The fraction of sp³-hybridized carbons (Fsp3) is 0.150. The van der Waals surface area contributed by atoms with E-state index in [2.05, 4.69) is 21.2 Å². The van der Waals surface area contributed by atoms with E-state index in [4.69, 9.17) is 0 Å². The quantitative estimate of drug-likeness (QED) is 0.491. The summed E-state index contributed by atoms with van der Waals surface area (Å²) in [5.41, 5.74) is -3.67. The molecule has 2 aromatic rings. The molecule has 0 aliphatic heterocycles. The van der Waals surface area contributed by atoms with Crippen molar-refractivity contribution in [3.8, 4) is 0 Å². The molecule has 2 atom stereocenters. The van der Waals surface area contributed by atoms with E-state index in [1.165, 1.54) is 36.4 Å². The van der Waals surface area contributed by atoms with Gasteiger partial charge in [-0.1, -0.05) is 46.3 Å². The number of non-ortho nitro benzene ring substituents is 1. The number of halogens is 4. The Kier molecular flexibility index (Phi) is 5.82. The molecule has 6 nitrogen and oxygen atoms in total. The van der Waals surface area contributed by atoms with Crippen LogP contribution in [0.15, 0.2) is 76.8 Å². The second-order valence-electron chi connectivity index (χ2n) is 6.52. The first-order chi connectivity index (χ1) is 14.1. The number of amides is 1. The predicted octanol–water partition coefficient (Wildman–Crippen LogP) is 4.61. The highest BCUT2D eigenvalue weighted by Crippen LogP contribution is 2.50. The Morgan fingerprint density at radius 3 is 2.27 bits per heavy atom. The molecule has 0 bridgehead atoms. The molecule has 0 radical (unpaired) electrons. The molecule has 156 valence electrons. The monoisotopic (exact) mass is 482 g/mol. The van der Waals surface area contributed by atoms with Crippen LogP contribution in [0, 0.1) is 10.1 Å². The number of nitrogens with zero attached hydrogens (tertiary/aromatic N) is 1. The van der Waals surface area contributed by atoms with E-state index in [1.54, 1.807) is 6.07 Å². The van der Waals surface area contributed by atoms with Crippen LogP contribution in [0.2, 0.25) is 0 Å². The Hall–Kier alpha value is -2.98. The van der Waals surface area contributed by atoms with Gasteiger partial charge in [0.1, 0.15) is 11.5 Å². The molecule has 2 N–H and O–H groups in total. The number of allylic oxidation sites excluding steroid dienone is 2. The number of nitrogens with one attached hydrogen (secondary N) is 1. The molecule has 1 aliphatic rings. The summed E-state index contributed by atoms with van der Waals surface area (Å²) in [5, 5.41) is 23.8. The van der Waals surface area contributed by atoms with Crippen molar-refractivity contribution in [1.29, 1.82) is 0 Å². The molecule has 1 aliphatic carbocycles. The Morgan fingerprint density at radius 2 is 1.73 bits per heavy atom. The molecule has 3 rings (SSSR count). The minimum atomic E-state index is -4.92. The molecule has 0 fully saturated rings. The van der Waals surface area contributed by atoms with Crippen molar-refractivity contribution in [1.82, 2.24) is 0 Å². The van der Waals surface area contributed by atoms with Crippen LogP contribution in [-0.4, -0.2) is 28.2 Å². The Bertz CT molecular complexity index is 1040. The van der Waals surface area contributed by atoms with Crippen LogP contribution in [0.25, 0.3) is 0 Å². The zero-order chi connectivity index (χ0) is 22.1. The predicted molar refractivity (Wildman–Crippen MR) is 107 cm³/mol. The smallest absolute Gasteiger partial charge is 0.387 e. The molecule has 0 saturated carbocycles. The molecule has 10 heteroatoms.